The zero-order valence-electron chi connectivity index (χ0n) is 11.1. The number of nitrogens with one attached hydrogen (secondary N) is 1. The first-order valence-corrected chi connectivity index (χ1v) is 6.93. The first kappa shape index (κ1) is 13.5. The third-order valence-corrected chi connectivity index (χ3v) is 3.73. The van der Waals surface area contributed by atoms with Crippen LogP contribution in [-0.2, 0) is 0 Å². The molecule has 0 aromatic heterocycles. The quantitative estimate of drug-likeness (QED) is 0.864. The van der Waals surface area contributed by atoms with E-state index in [-0.39, 0.29) is 6.67 Å². The maximum atomic E-state index is 12.7. The molecule has 0 spiro atoms. The van der Waals surface area contributed by atoms with Gasteiger partial charge in [0.2, 0.25) is 0 Å². The molecule has 1 aromatic carbocycles. The monoisotopic (exact) mass is 250 g/mol. The number of hydrogen-bond acceptors (Lipinski definition) is 2. The van der Waals surface area contributed by atoms with Gasteiger partial charge in [-0.3, -0.25) is 4.90 Å². The van der Waals surface area contributed by atoms with Gasteiger partial charge in [-0.2, -0.15) is 0 Å². The van der Waals surface area contributed by atoms with Crippen LogP contribution in [0.1, 0.15) is 31.4 Å². The average molecular weight is 250 g/mol. The Kier molecular flexibility index (Phi) is 5.14. The van der Waals surface area contributed by atoms with Crippen molar-refractivity contribution in [2.75, 3.05) is 26.3 Å². The first-order chi connectivity index (χ1) is 8.85. The second kappa shape index (κ2) is 6.86. The molecule has 2 atom stereocenters. The largest absolute Gasteiger partial charge is 0.307 e. The Morgan fingerprint density at radius 3 is 2.78 bits per heavy atom. The topological polar surface area (TPSA) is 15.3 Å². The van der Waals surface area contributed by atoms with Crippen molar-refractivity contribution in [3.63, 3.8) is 0 Å². The van der Waals surface area contributed by atoms with Crippen LogP contribution in [0.15, 0.2) is 30.3 Å². The van der Waals surface area contributed by atoms with Gasteiger partial charge in [-0.05, 0) is 12.0 Å². The molecule has 2 rings (SSSR count). The van der Waals surface area contributed by atoms with E-state index >= 15 is 0 Å². The van der Waals surface area contributed by atoms with E-state index in [4.69, 9.17) is 0 Å². The molecule has 0 amide bonds. The van der Waals surface area contributed by atoms with Gasteiger partial charge in [0.1, 0.15) is 6.67 Å². The summed E-state index contributed by atoms with van der Waals surface area (Å²) in [5, 5.41) is 3.59. The number of hydrogen-bond donors (Lipinski definition) is 1. The molecule has 0 saturated carbocycles. The Hall–Kier alpha value is -0.930. The zero-order chi connectivity index (χ0) is 12.8. The number of benzene rings is 1. The SMILES string of the molecule is CCCC1CNC(c2ccccc2)CN1CCF. The molecule has 1 aliphatic rings. The lowest BCUT2D eigenvalue weighted by atomic mass is 10.00. The summed E-state index contributed by atoms with van der Waals surface area (Å²) in [6, 6.07) is 11.3. The molecule has 18 heavy (non-hydrogen) atoms. The van der Waals surface area contributed by atoms with Gasteiger partial charge < -0.3 is 5.32 Å². The summed E-state index contributed by atoms with van der Waals surface area (Å²) in [4.78, 5) is 2.30. The van der Waals surface area contributed by atoms with Crippen molar-refractivity contribution in [2.24, 2.45) is 0 Å². The Morgan fingerprint density at radius 1 is 1.33 bits per heavy atom. The van der Waals surface area contributed by atoms with Crippen molar-refractivity contribution in [1.29, 1.82) is 0 Å². The summed E-state index contributed by atoms with van der Waals surface area (Å²) < 4.78 is 12.7. The standard InChI is InChI=1S/C15H23FN2/c1-2-6-14-11-17-15(12-18(14)10-9-16)13-7-4-3-5-8-13/h3-5,7-8,14-15,17H,2,6,9-12H2,1H3. The summed E-state index contributed by atoms with van der Waals surface area (Å²) in [5.41, 5.74) is 1.30. The van der Waals surface area contributed by atoms with E-state index in [0.29, 0.717) is 18.6 Å². The van der Waals surface area contributed by atoms with Crippen LogP contribution in [-0.4, -0.2) is 37.3 Å². The summed E-state index contributed by atoms with van der Waals surface area (Å²) in [5.74, 6) is 0. The van der Waals surface area contributed by atoms with Crippen LogP contribution in [0.25, 0.3) is 0 Å². The van der Waals surface area contributed by atoms with E-state index in [1.54, 1.807) is 0 Å². The second-order valence-corrected chi connectivity index (χ2v) is 5.00. The molecule has 2 nitrogen and oxygen atoms in total. The highest BCUT2D eigenvalue weighted by Gasteiger charge is 2.27. The molecule has 0 bridgehead atoms. The molecule has 1 fully saturated rings. The zero-order valence-corrected chi connectivity index (χ0v) is 11.1. The number of alkyl halides is 1. The summed E-state index contributed by atoms with van der Waals surface area (Å²) in [6.07, 6.45) is 2.31. The normalized spacial score (nSPS) is 25.2. The van der Waals surface area contributed by atoms with Crippen LogP contribution >= 0.6 is 0 Å². The minimum Gasteiger partial charge on any atom is -0.307 e. The Labute approximate surface area is 109 Å². The van der Waals surface area contributed by atoms with Crippen LogP contribution in [0.4, 0.5) is 4.39 Å². The van der Waals surface area contributed by atoms with Gasteiger partial charge in [0, 0.05) is 31.7 Å². The third-order valence-electron chi connectivity index (χ3n) is 3.73. The average Bonchev–Trinajstić information content (AvgIpc) is 2.42. The molecule has 1 N–H and O–H groups in total. The summed E-state index contributed by atoms with van der Waals surface area (Å²) in [6.45, 7) is 4.39. The smallest absolute Gasteiger partial charge is 0.102 e. The Bertz CT molecular complexity index is 342. The molecule has 100 valence electrons. The number of nitrogens with zero attached hydrogens (tertiary/aromatic N) is 1. The predicted molar refractivity (Wildman–Crippen MR) is 73.4 cm³/mol. The molecule has 1 aromatic rings. The summed E-state index contributed by atoms with van der Waals surface area (Å²) in [7, 11) is 0. The van der Waals surface area contributed by atoms with Crippen molar-refractivity contribution >= 4 is 0 Å². The van der Waals surface area contributed by atoms with E-state index < -0.39 is 0 Å². The van der Waals surface area contributed by atoms with Crippen LogP contribution in [0.2, 0.25) is 0 Å². The van der Waals surface area contributed by atoms with E-state index in [1.165, 1.54) is 5.56 Å². The fourth-order valence-corrected chi connectivity index (χ4v) is 2.76. The van der Waals surface area contributed by atoms with E-state index in [9.17, 15) is 4.39 Å². The third kappa shape index (κ3) is 3.30. The Balaban J connectivity index is 2.01. The van der Waals surface area contributed by atoms with E-state index in [1.807, 2.05) is 6.07 Å². The Morgan fingerprint density at radius 2 is 2.11 bits per heavy atom. The van der Waals surface area contributed by atoms with Crippen molar-refractivity contribution in [2.45, 2.75) is 31.8 Å². The number of piperazine rings is 1. The van der Waals surface area contributed by atoms with Gasteiger partial charge in [0.15, 0.2) is 0 Å². The molecular weight excluding hydrogens is 227 g/mol. The molecule has 0 aliphatic carbocycles. The lowest BCUT2D eigenvalue weighted by Gasteiger charge is -2.40. The maximum absolute atomic E-state index is 12.7. The number of rotatable bonds is 5. The number of halogens is 1. The highest BCUT2D eigenvalue weighted by atomic mass is 19.1. The second-order valence-electron chi connectivity index (χ2n) is 5.00. The van der Waals surface area contributed by atoms with Crippen LogP contribution in [0.5, 0.6) is 0 Å². The van der Waals surface area contributed by atoms with Gasteiger partial charge in [-0.25, -0.2) is 4.39 Å². The highest BCUT2D eigenvalue weighted by molar-refractivity contribution is 5.20. The van der Waals surface area contributed by atoms with Crippen molar-refractivity contribution in [3.8, 4) is 0 Å². The molecule has 1 saturated heterocycles. The van der Waals surface area contributed by atoms with Crippen molar-refractivity contribution in [1.82, 2.24) is 10.2 Å². The minimum atomic E-state index is -0.248. The predicted octanol–water partition coefficient (Wildman–Crippen LogP) is 2.77. The highest BCUT2D eigenvalue weighted by Crippen LogP contribution is 2.21. The fourth-order valence-electron chi connectivity index (χ4n) is 2.76. The van der Waals surface area contributed by atoms with E-state index in [2.05, 4.69) is 41.4 Å². The van der Waals surface area contributed by atoms with E-state index in [0.717, 1.165) is 25.9 Å². The van der Waals surface area contributed by atoms with Gasteiger partial charge >= 0.3 is 0 Å². The van der Waals surface area contributed by atoms with Gasteiger partial charge in [-0.1, -0.05) is 43.7 Å². The molecule has 2 unspecified atom stereocenters. The van der Waals surface area contributed by atoms with Gasteiger partial charge in [0.25, 0.3) is 0 Å². The lowest BCUT2D eigenvalue weighted by Crippen LogP contribution is -2.53. The molecule has 1 aliphatic heterocycles. The minimum absolute atomic E-state index is 0.248. The lowest BCUT2D eigenvalue weighted by molar-refractivity contribution is 0.114. The molecule has 0 radical (unpaired) electrons. The van der Waals surface area contributed by atoms with Crippen molar-refractivity contribution in [3.05, 3.63) is 35.9 Å². The first-order valence-electron chi connectivity index (χ1n) is 6.93. The fraction of sp³-hybridized carbons (Fsp3) is 0.600. The van der Waals surface area contributed by atoms with Crippen LogP contribution < -0.4 is 5.32 Å². The maximum Gasteiger partial charge on any atom is 0.102 e. The molecule has 1 heterocycles. The molecule has 3 heteroatoms. The van der Waals surface area contributed by atoms with Gasteiger partial charge in [-0.15, -0.1) is 0 Å². The van der Waals surface area contributed by atoms with Crippen LogP contribution in [0.3, 0.4) is 0 Å². The van der Waals surface area contributed by atoms with Crippen LogP contribution in [0, 0.1) is 0 Å². The van der Waals surface area contributed by atoms with Gasteiger partial charge in [0.05, 0.1) is 0 Å². The van der Waals surface area contributed by atoms with Crippen molar-refractivity contribution < 1.29 is 4.39 Å². The summed E-state index contributed by atoms with van der Waals surface area (Å²) >= 11 is 0. The molecular formula is C15H23FN2.